The van der Waals surface area contributed by atoms with E-state index in [4.69, 9.17) is 4.74 Å². The number of hydrogen-bond acceptors (Lipinski definition) is 2. The molecule has 2 heterocycles. The van der Waals surface area contributed by atoms with Crippen LogP contribution in [0.3, 0.4) is 0 Å². The summed E-state index contributed by atoms with van der Waals surface area (Å²) in [5, 5.41) is 0. The predicted octanol–water partition coefficient (Wildman–Crippen LogP) is 7.92. The number of para-hydroxylation sites is 2. The summed E-state index contributed by atoms with van der Waals surface area (Å²) < 4.78 is 8.23. The van der Waals surface area contributed by atoms with Gasteiger partial charge in [0.15, 0.2) is 0 Å². The molecule has 0 saturated carbocycles. The summed E-state index contributed by atoms with van der Waals surface area (Å²) in [7, 11) is 0. The predicted molar refractivity (Wildman–Crippen MR) is 142 cm³/mol. The molecule has 35 heavy (non-hydrogen) atoms. The molecule has 166 valence electrons. The maximum absolute atomic E-state index is 6.11. The second-order valence-corrected chi connectivity index (χ2v) is 8.81. The Kier molecular flexibility index (Phi) is 4.52. The molecule has 6 aromatic rings. The maximum atomic E-state index is 6.11. The highest BCUT2D eigenvalue weighted by Crippen LogP contribution is 2.42. The number of ether oxygens (including phenoxy) is 1. The first kappa shape index (κ1) is 19.8. The van der Waals surface area contributed by atoms with Crippen molar-refractivity contribution in [2.75, 3.05) is 0 Å². The van der Waals surface area contributed by atoms with Crippen molar-refractivity contribution in [3.63, 3.8) is 0 Å². The van der Waals surface area contributed by atoms with Crippen molar-refractivity contribution in [1.29, 1.82) is 0 Å². The normalized spacial score (nSPS) is 12.1. The second-order valence-electron chi connectivity index (χ2n) is 8.81. The third kappa shape index (κ3) is 3.24. The third-order valence-corrected chi connectivity index (χ3v) is 6.73. The standard InChI is InChI=1S/C32H22N2O/c1-3-10-22(11-4-1)26-14-9-15-27(23-12-5-2-6-13-23)31(26)24-18-19-29-25(20-24)21-35-32-33-28-16-7-8-17-30(28)34(29)32/h1-20H,21H2. The lowest BCUT2D eigenvalue weighted by Crippen LogP contribution is -2.12. The Morgan fingerprint density at radius 3 is 1.97 bits per heavy atom. The number of hydrogen-bond donors (Lipinski definition) is 0. The van der Waals surface area contributed by atoms with Crippen molar-refractivity contribution in [2.45, 2.75) is 6.61 Å². The Hall–Kier alpha value is -4.63. The van der Waals surface area contributed by atoms with Crippen LogP contribution in [0.2, 0.25) is 0 Å². The zero-order chi connectivity index (χ0) is 23.2. The average molecular weight is 451 g/mol. The van der Waals surface area contributed by atoms with Crippen LogP contribution in [0, 0.1) is 0 Å². The van der Waals surface area contributed by atoms with Gasteiger partial charge < -0.3 is 4.74 Å². The fraction of sp³-hybridized carbons (Fsp3) is 0.0312. The molecule has 0 N–H and O–H groups in total. The molecular weight excluding hydrogens is 428 g/mol. The molecular formula is C32H22N2O. The zero-order valence-electron chi connectivity index (χ0n) is 19.1. The summed E-state index contributed by atoms with van der Waals surface area (Å²) in [6, 6.07) is 43.4. The maximum Gasteiger partial charge on any atom is 0.302 e. The van der Waals surface area contributed by atoms with E-state index in [9.17, 15) is 0 Å². The molecule has 1 aliphatic rings. The van der Waals surface area contributed by atoms with E-state index in [1.807, 2.05) is 18.2 Å². The molecule has 3 heteroatoms. The van der Waals surface area contributed by atoms with Gasteiger partial charge in [0.2, 0.25) is 0 Å². The van der Waals surface area contributed by atoms with Gasteiger partial charge in [0.25, 0.3) is 0 Å². The highest BCUT2D eigenvalue weighted by Gasteiger charge is 2.23. The van der Waals surface area contributed by atoms with Crippen LogP contribution in [-0.2, 0) is 6.61 Å². The van der Waals surface area contributed by atoms with Crippen molar-refractivity contribution in [1.82, 2.24) is 9.55 Å². The van der Waals surface area contributed by atoms with E-state index in [0.29, 0.717) is 12.6 Å². The molecule has 0 spiro atoms. The summed E-state index contributed by atoms with van der Waals surface area (Å²) in [5.74, 6) is 0. The van der Waals surface area contributed by atoms with Crippen molar-refractivity contribution in [3.05, 3.63) is 127 Å². The van der Waals surface area contributed by atoms with E-state index >= 15 is 0 Å². The van der Waals surface area contributed by atoms with Crippen LogP contribution in [0.1, 0.15) is 5.56 Å². The molecule has 0 aliphatic carbocycles. The third-order valence-electron chi connectivity index (χ3n) is 6.73. The molecule has 0 bridgehead atoms. The van der Waals surface area contributed by atoms with Crippen LogP contribution in [0.25, 0.3) is 50.1 Å². The fourth-order valence-corrected chi connectivity index (χ4v) is 5.13. The van der Waals surface area contributed by atoms with Gasteiger partial charge in [0.05, 0.1) is 16.7 Å². The van der Waals surface area contributed by atoms with E-state index in [2.05, 4.69) is 113 Å². The minimum atomic E-state index is 0.501. The topological polar surface area (TPSA) is 27.1 Å². The quantitative estimate of drug-likeness (QED) is 0.274. The lowest BCUT2D eigenvalue weighted by Gasteiger charge is -2.22. The van der Waals surface area contributed by atoms with Gasteiger partial charge in [0, 0.05) is 5.56 Å². The van der Waals surface area contributed by atoms with E-state index < -0.39 is 0 Å². The van der Waals surface area contributed by atoms with Crippen LogP contribution >= 0.6 is 0 Å². The SMILES string of the molecule is c1ccc(-c2cccc(-c3ccccc3)c2-c2ccc3c(c2)COc2nc4ccccc4n2-3)cc1. The van der Waals surface area contributed by atoms with Gasteiger partial charge in [-0.3, -0.25) is 4.57 Å². The minimum absolute atomic E-state index is 0.501. The summed E-state index contributed by atoms with van der Waals surface area (Å²) in [6.07, 6.45) is 0. The van der Waals surface area contributed by atoms with Crippen molar-refractivity contribution in [2.24, 2.45) is 0 Å². The lowest BCUT2D eigenvalue weighted by molar-refractivity contribution is 0.266. The Labute approximate surface area is 203 Å². The Balaban J connectivity index is 1.46. The van der Waals surface area contributed by atoms with Gasteiger partial charge in [-0.05, 0) is 57.6 Å². The van der Waals surface area contributed by atoms with Gasteiger partial charge in [-0.2, -0.15) is 4.98 Å². The van der Waals surface area contributed by atoms with Crippen LogP contribution in [-0.4, -0.2) is 9.55 Å². The number of fused-ring (bicyclic) bond motifs is 5. The molecule has 1 aromatic heterocycles. The van der Waals surface area contributed by atoms with Gasteiger partial charge >= 0.3 is 6.01 Å². The van der Waals surface area contributed by atoms with E-state index in [1.54, 1.807) is 0 Å². The molecule has 0 unspecified atom stereocenters. The first-order valence-corrected chi connectivity index (χ1v) is 11.8. The average Bonchev–Trinajstić information content (AvgIpc) is 3.32. The Morgan fingerprint density at radius 1 is 0.600 bits per heavy atom. The van der Waals surface area contributed by atoms with Gasteiger partial charge in [-0.15, -0.1) is 0 Å². The largest absolute Gasteiger partial charge is 0.459 e. The van der Waals surface area contributed by atoms with E-state index in [-0.39, 0.29) is 0 Å². The molecule has 5 aromatic carbocycles. The number of imidazole rings is 1. The molecule has 0 radical (unpaired) electrons. The molecule has 0 saturated heterocycles. The number of benzene rings is 5. The zero-order valence-corrected chi connectivity index (χ0v) is 19.1. The number of aromatic nitrogens is 2. The van der Waals surface area contributed by atoms with Gasteiger partial charge in [-0.1, -0.05) is 97.1 Å². The van der Waals surface area contributed by atoms with Crippen molar-refractivity contribution >= 4 is 11.0 Å². The summed E-state index contributed by atoms with van der Waals surface area (Å²) in [5.41, 5.74) is 11.5. The highest BCUT2D eigenvalue weighted by molar-refractivity contribution is 5.95. The van der Waals surface area contributed by atoms with Gasteiger partial charge in [-0.25, -0.2) is 0 Å². The monoisotopic (exact) mass is 450 g/mol. The first-order chi connectivity index (χ1) is 17.4. The summed E-state index contributed by atoms with van der Waals surface area (Å²) in [4.78, 5) is 4.68. The van der Waals surface area contributed by atoms with Gasteiger partial charge in [0.1, 0.15) is 6.61 Å². The molecule has 1 aliphatic heterocycles. The van der Waals surface area contributed by atoms with Crippen LogP contribution in [0.5, 0.6) is 6.01 Å². The number of nitrogens with zero attached hydrogens (tertiary/aromatic N) is 2. The molecule has 0 fully saturated rings. The lowest BCUT2D eigenvalue weighted by atomic mass is 9.87. The number of rotatable bonds is 3. The molecule has 0 atom stereocenters. The highest BCUT2D eigenvalue weighted by atomic mass is 16.5. The molecule has 3 nitrogen and oxygen atoms in total. The smallest absolute Gasteiger partial charge is 0.302 e. The summed E-state index contributed by atoms with van der Waals surface area (Å²) >= 11 is 0. The van der Waals surface area contributed by atoms with E-state index in [0.717, 1.165) is 22.3 Å². The van der Waals surface area contributed by atoms with Crippen LogP contribution < -0.4 is 4.74 Å². The second kappa shape index (κ2) is 8.00. The molecule has 0 amide bonds. The Bertz CT molecular complexity index is 1630. The fourth-order valence-electron chi connectivity index (χ4n) is 5.13. The molecule has 7 rings (SSSR count). The van der Waals surface area contributed by atoms with Crippen molar-refractivity contribution in [3.8, 4) is 45.1 Å². The summed E-state index contributed by atoms with van der Waals surface area (Å²) in [6.45, 7) is 0.501. The first-order valence-electron chi connectivity index (χ1n) is 11.8. The Morgan fingerprint density at radius 2 is 1.26 bits per heavy atom. The minimum Gasteiger partial charge on any atom is -0.459 e. The van der Waals surface area contributed by atoms with Crippen LogP contribution in [0.4, 0.5) is 0 Å². The van der Waals surface area contributed by atoms with Crippen molar-refractivity contribution < 1.29 is 4.74 Å². The van der Waals surface area contributed by atoms with Crippen LogP contribution in [0.15, 0.2) is 121 Å². The van der Waals surface area contributed by atoms with E-state index in [1.165, 1.54) is 33.4 Å².